The molecule has 0 aliphatic rings. The Bertz CT molecular complexity index is 1110. The third-order valence-corrected chi connectivity index (χ3v) is 4.55. The highest BCUT2D eigenvalue weighted by Crippen LogP contribution is 2.32. The fourth-order valence-corrected chi connectivity index (χ4v) is 2.88. The maximum Gasteiger partial charge on any atom is 0.416 e. The van der Waals surface area contributed by atoms with Gasteiger partial charge in [-0.05, 0) is 54.1 Å². The lowest BCUT2D eigenvalue weighted by atomic mass is 10.1. The molecule has 0 radical (unpaired) electrons. The Labute approximate surface area is 183 Å². The second kappa shape index (κ2) is 9.55. The molecule has 0 aromatic heterocycles. The number of hydrogen-bond donors (Lipinski definition) is 1. The van der Waals surface area contributed by atoms with Crippen molar-refractivity contribution in [2.75, 3.05) is 14.1 Å². The van der Waals surface area contributed by atoms with Crippen molar-refractivity contribution in [2.45, 2.75) is 12.7 Å². The predicted molar refractivity (Wildman–Crippen MR) is 114 cm³/mol. The van der Waals surface area contributed by atoms with Crippen LogP contribution < -0.4 is 10.1 Å². The van der Waals surface area contributed by atoms with Crippen LogP contribution in [0.1, 0.15) is 31.8 Å². The number of rotatable bonds is 6. The van der Waals surface area contributed by atoms with Gasteiger partial charge in [-0.2, -0.15) is 13.2 Å². The normalized spacial score (nSPS) is 11.0. The van der Waals surface area contributed by atoms with E-state index in [-0.39, 0.29) is 29.9 Å². The average molecular weight is 442 g/mol. The highest BCUT2D eigenvalue weighted by Gasteiger charge is 2.30. The van der Waals surface area contributed by atoms with Crippen molar-refractivity contribution >= 4 is 11.8 Å². The van der Waals surface area contributed by atoms with Gasteiger partial charge in [-0.1, -0.05) is 24.3 Å². The fraction of sp³-hybridized carbons (Fsp3) is 0.167. The van der Waals surface area contributed by atoms with E-state index in [0.717, 1.165) is 17.7 Å². The largest absolute Gasteiger partial charge is 0.457 e. The van der Waals surface area contributed by atoms with Gasteiger partial charge in [0.25, 0.3) is 11.8 Å². The van der Waals surface area contributed by atoms with Crippen LogP contribution in [0.25, 0.3) is 0 Å². The SMILES string of the molecule is CN(C)C(=O)c1ccc(CNC(=O)c2cccc(Oc3cccc(C(F)(F)F)c3)c2)cc1. The van der Waals surface area contributed by atoms with E-state index in [9.17, 15) is 22.8 Å². The number of carbonyl (C=O) groups is 2. The number of benzene rings is 3. The topological polar surface area (TPSA) is 58.6 Å². The number of hydrogen-bond acceptors (Lipinski definition) is 3. The summed E-state index contributed by atoms with van der Waals surface area (Å²) in [4.78, 5) is 25.9. The smallest absolute Gasteiger partial charge is 0.416 e. The maximum absolute atomic E-state index is 12.9. The predicted octanol–water partition coefficient (Wildman–Crippen LogP) is 5.13. The molecule has 0 aliphatic heterocycles. The van der Waals surface area contributed by atoms with Crippen molar-refractivity contribution in [3.05, 3.63) is 95.1 Å². The number of nitrogens with one attached hydrogen (secondary N) is 1. The first-order chi connectivity index (χ1) is 15.1. The summed E-state index contributed by atoms with van der Waals surface area (Å²) in [6.45, 7) is 0.244. The van der Waals surface area contributed by atoms with Gasteiger partial charge in [0.05, 0.1) is 5.56 Å². The van der Waals surface area contributed by atoms with E-state index < -0.39 is 11.7 Å². The van der Waals surface area contributed by atoms with Gasteiger partial charge in [0.1, 0.15) is 11.5 Å². The zero-order chi connectivity index (χ0) is 23.3. The highest BCUT2D eigenvalue weighted by molar-refractivity contribution is 5.95. The van der Waals surface area contributed by atoms with Crippen LogP contribution in [-0.4, -0.2) is 30.8 Å². The van der Waals surface area contributed by atoms with Crippen LogP contribution in [0.15, 0.2) is 72.8 Å². The quantitative estimate of drug-likeness (QED) is 0.576. The Kier molecular flexibility index (Phi) is 6.82. The number of halogens is 3. The van der Waals surface area contributed by atoms with Crippen LogP contribution in [0.3, 0.4) is 0 Å². The second-order valence-electron chi connectivity index (χ2n) is 7.23. The molecule has 3 aromatic carbocycles. The number of carbonyl (C=O) groups excluding carboxylic acids is 2. The van der Waals surface area contributed by atoms with E-state index in [4.69, 9.17) is 4.74 Å². The standard InChI is InChI=1S/C24H21F3N2O3/c1-29(2)23(31)17-11-9-16(10-12-17)15-28-22(30)18-5-3-7-20(13-18)32-21-8-4-6-19(14-21)24(25,26)27/h3-14H,15H2,1-2H3,(H,28,30). The van der Waals surface area contributed by atoms with Crippen LogP contribution in [0.2, 0.25) is 0 Å². The van der Waals surface area contributed by atoms with Gasteiger partial charge in [0.2, 0.25) is 0 Å². The molecule has 166 valence electrons. The first-order valence-electron chi connectivity index (χ1n) is 9.67. The van der Waals surface area contributed by atoms with Gasteiger partial charge in [0.15, 0.2) is 0 Å². The number of amides is 2. The molecule has 3 aromatic rings. The molecule has 8 heteroatoms. The van der Waals surface area contributed by atoms with Gasteiger partial charge in [0, 0.05) is 31.8 Å². The summed E-state index contributed by atoms with van der Waals surface area (Å²) < 4.78 is 44.1. The molecule has 0 saturated carbocycles. The summed E-state index contributed by atoms with van der Waals surface area (Å²) in [5.41, 5.74) is 0.839. The van der Waals surface area contributed by atoms with E-state index in [1.54, 1.807) is 56.6 Å². The van der Waals surface area contributed by atoms with Gasteiger partial charge >= 0.3 is 6.18 Å². The van der Waals surface area contributed by atoms with Crippen molar-refractivity contribution in [1.82, 2.24) is 10.2 Å². The third kappa shape index (κ3) is 5.87. The highest BCUT2D eigenvalue weighted by atomic mass is 19.4. The Balaban J connectivity index is 1.64. The Hall–Kier alpha value is -3.81. The van der Waals surface area contributed by atoms with Crippen molar-refractivity contribution in [1.29, 1.82) is 0 Å². The minimum absolute atomic E-state index is 0.0183. The average Bonchev–Trinajstić information content (AvgIpc) is 2.77. The lowest BCUT2D eigenvalue weighted by molar-refractivity contribution is -0.137. The first-order valence-corrected chi connectivity index (χ1v) is 9.67. The van der Waals surface area contributed by atoms with Crippen LogP contribution in [-0.2, 0) is 12.7 Å². The molecule has 0 atom stereocenters. The van der Waals surface area contributed by atoms with Gasteiger partial charge in [-0.25, -0.2) is 0 Å². The van der Waals surface area contributed by atoms with E-state index in [1.807, 2.05) is 0 Å². The Morgan fingerprint density at radius 3 is 2.12 bits per heavy atom. The molecule has 0 aliphatic carbocycles. The lowest BCUT2D eigenvalue weighted by Crippen LogP contribution is -2.23. The summed E-state index contributed by atoms with van der Waals surface area (Å²) in [6.07, 6.45) is -4.47. The number of nitrogens with zero attached hydrogens (tertiary/aromatic N) is 1. The molecule has 3 rings (SSSR count). The molecule has 5 nitrogen and oxygen atoms in total. The zero-order valence-electron chi connectivity index (χ0n) is 17.4. The molecule has 0 unspecified atom stereocenters. The Morgan fingerprint density at radius 2 is 1.50 bits per heavy atom. The molecular formula is C24H21F3N2O3. The summed E-state index contributed by atoms with van der Waals surface area (Å²) in [6, 6.07) is 17.6. The molecule has 2 amide bonds. The molecule has 0 saturated heterocycles. The van der Waals surface area contributed by atoms with Crippen LogP contribution in [0, 0.1) is 0 Å². The molecule has 0 fully saturated rings. The molecule has 0 spiro atoms. The monoisotopic (exact) mass is 442 g/mol. The lowest BCUT2D eigenvalue weighted by Gasteiger charge is -2.12. The van der Waals surface area contributed by atoms with E-state index >= 15 is 0 Å². The first kappa shape index (κ1) is 22.9. The second-order valence-corrected chi connectivity index (χ2v) is 7.23. The van der Waals surface area contributed by atoms with Gasteiger partial charge < -0.3 is 15.0 Å². The van der Waals surface area contributed by atoms with Crippen molar-refractivity contribution in [2.24, 2.45) is 0 Å². The summed E-state index contributed by atoms with van der Waals surface area (Å²) in [5, 5.41) is 2.77. The maximum atomic E-state index is 12.9. The molecular weight excluding hydrogens is 421 g/mol. The number of alkyl halides is 3. The number of ether oxygens (including phenoxy) is 1. The van der Waals surface area contributed by atoms with E-state index in [2.05, 4.69) is 5.32 Å². The van der Waals surface area contributed by atoms with E-state index in [0.29, 0.717) is 11.1 Å². The van der Waals surface area contributed by atoms with Crippen molar-refractivity contribution in [3.63, 3.8) is 0 Å². The molecule has 0 heterocycles. The molecule has 1 N–H and O–H groups in total. The molecule has 0 bridgehead atoms. The van der Waals surface area contributed by atoms with Crippen molar-refractivity contribution < 1.29 is 27.5 Å². The Morgan fingerprint density at radius 1 is 0.875 bits per heavy atom. The van der Waals surface area contributed by atoms with E-state index in [1.165, 1.54) is 23.1 Å². The summed E-state index contributed by atoms with van der Waals surface area (Å²) in [7, 11) is 3.34. The van der Waals surface area contributed by atoms with Crippen LogP contribution in [0.4, 0.5) is 13.2 Å². The third-order valence-electron chi connectivity index (χ3n) is 4.55. The fourth-order valence-electron chi connectivity index (χ4n) is 2.88. The minimum Gasteiger partial charge on any atom is -0.457 e. The van der Waals surface area contributed by atoms with Crippen LogP contribution >= 0.6 is 0 Å². The minimum atomic E-state index is -4.47. The zero-order valence-corrected chi connectivity index (χ0v) is 17.4. The van der Waals surface area contributed by atoms with Crippen molar-refractivity contribution in [3.8, 4) is 11.5 Å². The summed E-state index contributed by atoms with van der Waals surface area (Å²) in [5.74, 6) is -0.223. The van der Waals surface area contributed by atoms with Crippen LogP contribution in [0.5, 0.6) is 11.5 Å². The molecule has 32 heavy (non-hydrogen) atoms. The van der Waals surface area contributed by atoms with Gasteiger partial charge in [-0.15, -0.1) is 0 Å². The van der Waals surface area contributed by atoms with Gasteiger partial charge in [-0.3, -0.25) is 9.59 Å². The summed E-state index contributed by atoms with van der Waals surface area (Å²) >= 11 is 0.